The zero-order valence-corrected chi connectivity index (χ0v) is 13.1. The van der Waals surface area contributed by atoms with Crippen LogP contribution in [-0.2, 0) is 7.05 Å². The lowest BCUT2D eigenvalue weighted by atomic mass is 9.99. The molecule has 1 aliphatic heterocycles. The summed E-state index contributed by atoms with van der Waals surface area (Å²) >= 11 is 0. The maximum Gasteiger partial charge on any atom is 0.202 e. The zero-order valence-electron chi connectivity index (χ0n) is 13.1. The van der Waals surface area contributed by atoms with Crippen molar-refractivity contribution in [2.45, 2.75) is 19.4 Å². The molecule has 0 amide bonds. The van der Waals surface area contributed by atoms with Gasteiger partial charge in [0.05, 0.1) is 21.9 Å². The van der Waals surface area contributed by atoms with Gasteiger partial charge in [0.25, 0.3) is 0 Å². The first-order valence-electron chi connectivity index (χ1n) is 7.41. The Hall–Kier alpha value is -2.82. The van der Waals surface area contributed by atoms with Gasteiger partial charge in [-0.05, 0) is 38.1 Å². The van der Waals surface area contributed by atoms with Crippen molar-refractivity contribution in [2.75, 3.05) is 0 Å². The van der Waals surface area contributed by atoms with Gasteiger partial charge in [-0.15, -0.1) is 0 Å². The maximum atomic E-state index is 12.8. The molecule has 0 aliphatic carbocycles. The molecular formula is C18H16N2O3. The fourth-order valence-corrected chi connectivity index (χ4v) is 3.07. The van der Waals surface area contributed by atoms with E-state index in [1.54, 1.807) is 35.0 Å². The van der Waals surface area contributed by atoms with Gasteiger partial charge in [0, 0.05) is 19.3 Å². The number of benzene rings is 1. The molecule has 0 spiro atoms. The molecule has 2 aromatic heterocycles. The van der Waals surface area contributed by atoms with Crippen molar-refractivity contribution < 1.29 is 9.84 Å². The molecule has 1 aromatic carbocycles. The summed E-state index contributed by atoms with van der Waals surface area (Å²) in [6, 6.07) is 5.24. The second-order valence-electron chi connectivity index (χ2n) is 6.33. The molecule has 0 radical (unpaired) electrons. The summed E-state index contributed by atoms with van der Waals surface area (Å²) in [5.74, 6) is 0.517. The van der Waals surface area contributed by atoms with E-state index in [0.717, 1.165) is 0 Å². The quantitative estimate of drug-likeness (QED) is 0.648. The Morgan fingerprint density at radius 1 is 1.35 bits per heavy atom. The number of aromatic nitrogens is 2. The lowest BCUT2D eigenvalue weighted by Gasteiger charge is -2.28. The van der Waals surface area contributed by atoms with Crippen LogP contribution in [-0.4, -0.2) is 20.3 Å². The fourth-order valence-electron chi connectivity index (χ4n) is 3.07. The smallest absolute Gasteiger partial charge is 0.202 e. The Morgan fingerprint density at radius 3 is 2.91 bits per heavy atom. The Bertz CT molecular complexity index is 1060. The third-order valence-electron chi connectivity index (χ3n) is 4.24. The first-order valence-corrected chi connectivity index (χ1v) is 7.41. The van der Waals surface area contributed by atoms with Crippen LogP contribution < -0.4 is 10.2 Å². The normalized spacial score (nSPS) is 15.6. The van der Waals surface area contributed by atoms with Crippen molar-refractivity contribution >= 4 is 28.0 Å². The molecule has 0 saturated heterocycles. The van der Waals surface area contributed by atoms with Crippen molar-refractivity contribution in [3.8, 4) is 11.5 Å². The van der Waals surface area contributed by atoms with Gasteiger partial charge in [0.15, 0.2) is 0 Å². The van der Waals surface area contributed by atoms with Gasteiger partial charge in [-0.25, -0.2) is 4.98 Å². The number of rotatable bonds is 0. The first kappa shape index (κ1) is 13.8. The second kappa shape index (κ2) is 4.35. The van der Waals surface area contributed by atoms with Crippen molar-refractivity contribution in [2.24, 2.45) is 7.05 Å². The maximum absolute atomic E-state index is 12.8. The van der Waals surface area contributed by atoms with Gasteiger partial charge in [-0.1, -0.05) is 0 Å². The number of pyridine rings is 2. The molecule has 0 fully saturated rings. The fraction of sp³-hybridized carbons (Fsp3) is 0.222. The van der Waals surface area contributed by atoms with Crippen molar-refractivity contribution in [3.05, 3.63) is 46.3 Å². The molecule has 0 saturated carbocycles. The molecule has 3 heterocycles. The molecule has 23 heavy (non-hydrogen) atoms. The van der Waals surface area contributed by atoms with Crippen LogP contribution in [0.3, 0.4) is 0 Å². The molecule has 1 aliphatic rings. The molecular weight excluding hydrogens is 292 g/mol. The van der Waals surface area contributed by atoms with E-state index >= 15 is 0 Å². The molecule has 116 valence electrons. The highest BCUT2D eigenvalue weighted by molar-refractivity contribution is 5.98. The minimum absolute atomic E-state index is 0.0457. The average Bonchev–Trinajstić information content (AvgIpc) is 2.51. The van der Waals surface area contributed by atoms with Crippen LogP contribution in [0.2, 0.25) is 0 Å². The van der Waals surface area contributed by atoms with Crippen LogP contribution >= 0.6 is 0 Å². The number of fused-ring (bicyclic) bond motifs is 3. The standard InChI is InChI=1S/C18H16N2O3/c1-18(2)7-6-10-13(23-18)9-12-14(15(10)21)16(22)11-5-4-8-19-17(11)20(12)3/h4-9,21H,1-3H3. The number of phenolic OH excluding ortho intramolecular Hbond substituents is 1. The zero-order chi connectivity index (χ0) is 16.4. The van der Waals surface area contributed by atoms with Gasteiger partial charge < -0.3 is 14.4 Å². The van der Waals surface area contributed by atoms with Gasteiger partial charge in [-0.3, -0.25) is 4.79 Å². The van der Waals surface area contributed by atoms with E-state index in [1.165, 1.54) is 0 Å². The SMILES string of the molecule is Cn1c2cc3c(c(O)c2c(=O)c2cccnc21)C=CC(C)(C)O3. The minimum atomic E-state index is -0.457. The number of hydrogen-bond donors (Lipinski definition) is 1. The third-order valence-corrected chi connectivity index (χ3v) is 4.24. The van der Waals surface area contributed by atoms with Crippen molar-refractivity contribution in [1.82, 2.24) is 9.55 Å². The average molecular weight is 308 g/mol. The van der Waals surface area contributed by atoms with E-state index in [9.17, 15) is 9.90 Å². The number of nitrogens with zero attached hydrogens (tertiary/aromatic N) is 2. The number of aryl methyl sites for hydroxylation is 1. The first-order chi connectivity index (χ1) is 10.9. The van der Waals surface area contributed by atoms with Gasteiger partial charge in [0.1, 0.15) is 22.7 Å². The van der Waals surface area contributed by atoms with Crippen LogP contribution in [0.1, 0.15) is 19.4 Å². The largest absolute Gasteiger partial charge is 0.506 e. The molecule has 0 bridgehead atoms. The molecule has 5 heteroatoms. The summed E-state index contributed by atoms with van der Waals surface area (Å²) < 4.78 is 7.74. The summed E-state index contributed by atoms with van der Waals surface area (Å²) in [4.78, 5) is 17.1. The molecule has 0 atom stereocenters. The predicted octanol–water partition coefficient (Wildman–Crippen LogP) is 2.98. The van der Waals surface area contributed by atoms with Crippen LogP contribution in [0, 0.1) is 0 Å². The van der Waals surface area contributed by atoms with Crippen molar-refractivity contribution in [3.63, 3.8) is 0 Å². The summed E-state index contributed by atoms with van der Waals surface area (Å²) in [6.45, 7) is 3.88. The number of phenols is 1. The molecule has 1 N–H and O–H groups in total. The number of ether oxygens (including phenoxy) is 1. The lowest BCUT2D eigenvalue weighted by molar-refractivity contribution is 0.158. The lowest BCUT2D eigenvalue weighted by Crippen LogP contribution is -2.27. The van der Waals surface area contributed by atoms with Crippen LogP contribution in [0.5, 0.6) is 11.5 Å². The van der Waals surface area contributed by atoms with Crippen LogP contribution in [0.25, 0.3) is 28.0 Å². The van der Waals surface area contributed by atoms with Crippen molar-refractivity contribution in [1.29, 1.82) is 0 Å². The Balaban J connectivity index is 2.21. The summed E-state index contributed by atoms with van der Waals surface area (Å²) in [7, 11) is 1.83. The Kier molecular flexibility index (Phi) is 2.61. The molecule has 4 rings (SSSR count). The van der Waals surface area contributed by atoms with E-state index < -0.39 is 5.60 Å². The third kappa shape index (κ3) is 1.86. The molecule has 5 nitrogen and oxygen atoms in total. The number of hydrogen-bond acceptors (Lipinski definition) is 4. The van der Waals surface area contributed by atoms with E-state index in [-0.39, 0.29) is 11.2 Å². The second-order valence-corrected chi connectivity index (χ2v) is 6.33. The monoisotopic (exact) mass is 308 g/mol. The molecule has 0 unspecified atom stereocenters. The van der Waals surface area contributed by atoms with E-state index in [4.69, 9.17) is 4.74 Å². The van der Waals surface area contributed by atoms with E-state index in [2.05, 4.69) is 4.98 Å². The topological polar surface area (TPSA) is 64.4 Å². The van der Waals surface area contributed by atoms with Gasteiger partial charge in [-0.2, -0.15) is 0 Å². The van der Waals surface area contributed by atoms with Crippen LogP contribution in [0.4, 0.5) is 0 Å². The number of aromatic hydroxyl groups is 1. The minimum Gasteiger partial charge on any atom is -0.506 e. The van der Waals surface area contributed by atoms with E-state index in [1.807, 2.05) is 27.0 Å². The summed E-state index contributed by atoms with van der Waals surface area (Å²) in [5.41, 5.74) is 1.04. The highest BCUT2D eigenvalue weighted by Crippen LogP contribution is 2.40. The highest BCUT2D eigenvalue weighted by atomic mass is 16.5. The Morgan fingerprint density at radius 2 is 2.13 bits per heavy atom. The molecule has 3 aromatic rings. The van der Waals surface area contributed by atoms with Crippen LogP contribution in [0.15, 0.2) is 35.3 Å². The predicted molar refractivity (Wildman–Crippen MR) is 89.9 cm³/mol. The van der Waals surface area contributed by atoms with E-state index in [0.29, 0.717) is 33.2 Å². The van der Waals surface area contributed by atoms with Gasteiger partial charge in [0.2, 0.25) is 5.43 Å². The summed E-state index contributed by atoms with van der Waals surface area (Å²) in [5, 5.41) is 11.4. The van der Waals surface area contributed by atoms with Gasteiger partial charge >= 0.3 is 0 Å². The highest BCUT2D eigenvalue weighted by Gasteiger charge is 2.26. The Labute approximate surface area is 132 Å². The summed E-state index contributed by atoms with van der Waals surface area (Å²) in [6.07, 6.45) is 5.32.